The van der Waals surface area contributed by atoms with E-state index >= 15 is 0 Å². The molecule has 88 valence electrons. The first kappa shape index (κ1) is 12.4. The fraction of sp³-hybridized carbons (Fsp3) is 0.500. The minimum Gasteiger partial charge on any atom is -0.462 e. The molecule has 0 saturated heterocycles. The Kier molecular flexibility index (Phi) is 3.76. The van der Waals surface area contributed by atoms with E-state index in [1.54, 1.807) is 13.8 Å². The van der Waals surface area contributed by atoms with Crippen LogP contribution in [0.25, 0.3) is 0 Å². The number of halogens is 1. The molecule has 1 heterocycles. The van der Waals surface area contributed by atoms with Crippen molar-refractivity contribution in [2.24, 2.45) is 0 Å². The third-order valence-corrected chi connectivity index (χ3v) is 1.96. The van der Waals surface area contributed by atoms with Gasteiger partial charge < -0.3 is 4.74 Å². The van der Waals surface area contributed by atoms with E-state index in [0.29, 0.717) is 10.3 Å². The third kappa shape index (κ3) is 2.44. The third-order valence-electron chi connectivity index (χ3n) is 1.96. The van der Waals surface area contributed by atoms with E-state index < -0.39 is 17.8 Å². The molecule has 1 aromatic heterocycles. The van der Waals surface area contributed by atoms with Crippen LogP contribution in [-0.4, -0.2) is 22.1 Å². The Hall–Kier alpha value is -1.72. The summed E-state index contributed by atoms with van der Waals surface area (Å²) in [6, 6.07) is 1.17. The summed E-state index contributed by atoms with van der Waals surface area (Å²) in [5.74, 6) is -0.941. The highest BCUT2D eigenvalue weighted by Gasteiger charge is 2.23. The summed E-state index contributed by atoms with van der Waals surface area (Å²) in [7, 11) is 0. The standard InChI is InChI=1S/C10H13FN2O3/c1-4-16-10(15)9(11)13-7(3)12-6(2)5-8(13)14/h5,9H,4H2,1-3H3. The molecule has 0 aromatic carbocycles. The number of alkyl halides is 1. The number of aryl methyl sites for hydroxylation is 2. The van der Waals surface area contributed by atoms with Gasteiger partial charge in [-0.3, -0.25) is 9.36 Å². The number of ether oxygens (including phenoxy) is 1. The van der Waals surface area contributed by atoms with E-state index in [1.807, 2.05) is 0 Å². The number of aromatic nitrogens is 2. The molecule has 0 radical (unpaired) electrons. The first-order valence-electron chi connectivity index (χ1n) is 4.85. The largest absolute Gasteiger partial charge is 0.462 e. The summed E-state index contributed by atoms with van der Waals surface area (Å²) in [5, 5.41) is 0. The lowest BCUT2D eigenvalue weighted by Crippen LogP contribution is -2.31. The second kappa shape index (κ2) is 4.87. The molecule has 0 amide bonds. The lowest BCUT2D eigenvalue weighted by Gasteiger charge is -2.13. The van der Waals surface area contributed by atoms with Crippen LogP contribution >= 0.6 is 0 Å². The van der Waals surface area contributed by atoms with E-state index in [1.165, 1.54) is 13.0 Å². The minimum absolute atomic E-state index is 0.0618. The van der Waals surface area contributed by atoms with Gasteiger partial charge in [0.2, 0.25) is 0 Å². The van der Waals surface area contributed by atoms with Crippen LogP contribution in [0.5, 0.6) is 0 Å². The van der Waals surface area contributed by atoms with Crippen molar-refractivity contribution in [3.05, 3.63) is 27.9 Å². The van der Waals surface area contributed by atoms with Crippen molar-refractivity contribution in [1.29, 1.82) is 0 Å². The lowest BCUT2D eigenvalue weighted by atomic mass is 10.4. The topological polar surface area (TPSA) is 61.2 Å². The molecule has 16 heavy (non-hydrogen) atoms. The van der Waals surface area contributed by atoms with E-state index in [4.69, 9.17) is 0 Å². The molecule has 5 nitrogen and oxygen atoms in total. The zero-order chi connectivity index (χ0) is 12.3. The summed E-state index contributed by atoms with van der Waals surface area (Å²) < 4.78 is 18.8. The van der Waals surface area contributed by atoms with Gasteiger partial charge in [0.1, 0.15) is 5.82 Å². The van der Waals surface area contributed by atoms with Crippen molar-refractivity contribution in [3.8, 4) is 0 Å². The van der Waals surface area contributed by atoms with Crippen LogP contribution in [-0.2, 0) is 9.53 Å². The maximum atomic E-state index is 13.6. The smallest absolute Gasteiger partial charge is 0.362 e. The first-order valence-corrected chi connectivity index (χ1v) is 4.85. The van der Waals surface area contributed by atoms with Crippen LogP contribution < -0.4 is 5.56 Å². The lowest BCUT2D eigenvalue weighted by molar-refractivity contribution is -0.153. The number of nitrogens with zero attached hydrogens (tertiary/aromatic N) is 2. The monoisotopic (exact) mass is 228 g/mol. The molecule has 1 rings (SSSR count). The maximum absolute atomic E-state index is 13.6. The Labute approximate surface area is 91.9 Å². The number of hydrogen-bond donors (Lipinski definition) is 0. The van der Waals surface area contributed by atoms with E-state index in [-0.39, 0.29) is 12.4 Å². The van der Waals surface area contributed by atoms with E-state index in [0.717, 1.165) is 0 Å². The normalized spacial score (nSPS) is 12.2. The Morgan fingerprint density at radius 1 is 1.62 bits per heavy atom. The highest BCUT2D eigenvalue weighted by molar-refractivity contribution is 5.72. The molecule has 0 aliphatic rings. The summed E-state index contributed by atoms with van der Waals surface area (Å²) in [6.45, 7) is 4.70. The van der Waals surface area contributed by atoms with Gasteiger partial charge in [0.25, 0.3) is 11.9 Å². The SMILES string of the molecule is CCOC(=O)C(F)n1c(C)nc(C)cc1=O. The van der Waals surface area contributed by atoms with Gasteiger partial charge in [-0.15, -0.1) is 0 Å². The van der Waals surface area contributed by atoms with Crippen LogP contribution in [0.3, 0.4) is 0 Å². The Bertz CT molecular complexity index is 456. The number of hydrogen-bond acceptors (Lipinski definition) is 4. The van der Waals surface area contributed by atoms with E-state index in [2.05, 4.69) is 9.72 Å². The molecule has 0 N–H and O–H groups in total. The van der Waals surface area contributed by atoms with Gasteiger partial charge >= 0.3 is 5.97 Å². The Balaban J connectivity index is 3.14. The highest BCUT2D eigenvalue weighted by atomic mass is 19.1. The van der Waals surface area contributed by atoms with Crippen LogP contribution in [0, 0.1) is 13.8 Å². The van der Waals surface area contributed by atoms with Gasteiger partial charge in [0.15, 0.2) is 0 Å². The van der Waals surface area contributed by atoms with Crippen molar-refractivity contribution in [1.82, 2.24) is 9.55 Å². The second-order valence-corrected chi connectivity index (χ2v) is 3.24. The fourth-order valence-corrected chi connectivity index (χ4v) is 1.34. The molecular formula is C10H13FN2O3. The zero-order valence-electron chi connectivity index (χ0n) is 9.36. The zero-order valence-corrected chi connectivity index (χ0v) is 9.36. The van der Waals surface area contributed by atoms with E-state index in [9.17, 15) is 14.0 Å². The van der Waals surface area contributed by atoms with Crippen molar-refractivity contribution in [2.45, 2.75) is 27.1 Å². The molecule has 0 spiro atoms. The molecule has 0 aliphatic carbocycles. The predicted octanol–water partition coefficient (Wildman–Crippen LogP) is 0.891. The highest BCUT2D eigenvalue weighted by Crippen LogP contribution is 2.10. The molecule has 0 bridgehead atoms. The van der Waals surface area contributed by atoms with Gasteiger partial charge in [-0.05, 0) is 20.8 Å². The Morgan fingerprint density at radius 2 is 2.25 bits per heavy atom. The van der Waals surface area contributed by atoms with Crippen LogP contribution in [0.1, 0.15) is 24.7 Å². The summed E-state index contributed by atoms with van der Waals surface area (Å²) >= 11 is 0. The van der Waals surface area contributed by atoms with Crippen molar-refractivity contribution < 1.29 is 13.9 Å². The van der Waals surface area contributed by atoms with Gasteiger partial charge in [0, 0.05) is 11.8 Å². The average molecular weight is 228 g/mol. The van der Waals surface area contributed by atoms with Crippen molar-refractivity contribution >= 4 is 5.97 Å². The van der Waals surface area contributed by atoms with Crippen molar-refractivity contribution in [3.63, 3.8) is 0 Å². The molecule has 0 fully saturated rings. The molecule has 6 heteroatoms. The van der Waals surface area contributed by atoms with Crippen LogP contribution in [0.2, 0.25) is 0 Å². The molecule has 1 aromatic rings. The van der Waals surface area contributed by atoms with Gasteiger partial charge in [-0.1, -0.05) is 0 Å². The molecular weight excluding hydrogens is 215 g/mol. The van der Waals surface area contributed by atoms with Gasteiger partial charge in [-0.2, -0.15) is 0 Å². The minimum atomic E-state index is -2.14. The number of carbonyl (C=O) groups excluding carboxylic acids is 1. The fourth-order valence-electron chi connectivity index (χ4n) is 1.34. The average Bonchev–Trinajstić information content (AvgIpc) is 2.16. The number of esters is 1. The maximum Gasteiger partial charge on any atom is 0.362 e. The van der Waals surface area contributed by atoms with Gasteiger partial charge in [0.05, 0.1) is 6.61 Å². The molecule has 1 atom stereocenters. The Morgan fingerprint density at radius 3 is 2.75 bits per heavy atom. The second-order valence-electron chi connectivity index (χ2n) is 3.24. The molecule has 0 aliphatic heterocycles. The predicted molar refractivity (Wildman–Crippen MR) is 54.7 cm³/mol. The summed E-state index contributed by atoms with van der Waals surface area (Å²) in [6.07, 6.45) is -2.14. The van der Waals surface area contributed by atoms with Gasteiger partial charge in [-0.25, -0.2) is 14.2 Å². The molecule has 1 unspecified atom stereocenters. The first-order chi connectivity index (χ1) is 7.47. The summed E-state index contributed by atoms with van der Waals surface area (Å²) in [5.41, 5.74) is -0.125. The van der Waals surface area contributed by atoms with Crippen LogP contribution in [0.4, 0.5) is 4.39 Å². The van der Waals surface area contributed by atoms with Crippen molar-refractivity contribution in [2.75, 3.05) is 6.61 Å². The quantitative estimate of drug-likeness (QED) is 0.721. The molecule has 0 saturated carbocycles. The van der Waals surface area contributed by atoms with Crippen LogP contribution in [0.15, 0.2) is 10.9 Å². The number of rotatable bonds is 3. The number of carbonyl (C=O) groups is 1. The summed E-state index contributed by atoms with van der Waals surface area (Å²) in [4.78, 5) is 26.5.